The van der Waals surface area contributed by atoms with Gasteiger partial charge in [0.1, 0.15) is 11.9 Å². The molecule has 1 unspecified atom stereocenters. The van der Waals surface area contributed by atoms with Crippen LogP contribution in [0.4, 0.5) is 4.39 Å². The first-order valence-corrected chi connectivity index (χ1v) is 6.69. The monoisotopic (exact) mass is 295 g/mol. The number of halogens is 2. The fourth-order valence-corrected chi connectivity index (χ4v) is 2.03. The van der Waals surface area contributed by atoms with Crippen molar-refractivity contribution in [3.05, 3.63) is 53.1 Å². The lowest BCUT2D eigenvalue weighted by atomic mass is 10.2. The number of nitrogens with zero attached hydrogens (tertiary/aromatic N) is 2. The minimum absolute atomic E-state index is 0.142. The molecule has 1 amide bonds. The molecule has 1 aromatic heterocycles. The Hall–Kier alpha value is -1.88. The highest BCUT2D eigenvalue weighted by Crippen LogP contribution is 2.14. The fourth-order valence-electron chi connectivity index (χ4n) is 1.89. The van der Waals surface area contributed by atoms with E-state index in [0.717, 1.165) is 5.56 Å². The number of benzene rings is 1. The van der Waals surface area contributed by atoms with Crippen molar-refractivity contribution in [1.82, 2.24) is 15.1 Å². The number of carbonyl (C=O) groups is 1. The van der Waals surface area contributed by atoms with E-state index in [1.165, 1.54) is 18.3 Å². The van der Waals surface area contributed by atoms with Gasteiger partial charge in [-0.25, -0.2) is 4.39 Å². The average molecular weight is 296 g/mol. The van der Waals surface area contributed by atoms with Crippen LogP contribution >= 0.6 is 11.6 Å². The summed E-state index contributed by atoms with van der Waals surface area (Å²) in [7, 11) is 0. The lowest BCUT2D eigenvalue weighted by molar-refractivity contribution is -0.124. The molecule has 2 aromatic rings. The van der Waals surface area contributed by atoms with Gasteiger partial charge in [-0.1, -0.05) is 30.7 Å². The minimum atomic E-state index is -0.400. The molecule has 0 aliphatic heterocycles. The first kappa shape index (κ1) is 14.5. The molecule has 0 radical (unpaired) electrons. The second kappa shape index (κ2) is 6.52. The number of rotatable bonds is 5. The van der Waals surface area contributed by atoms with E-state index >= 15 is 0 Å². The lowest BCUT2D eigenvalue weighted by Gasteiger charge is -2.15. The van der Waals surface area contributed by atoms with Gasteiger partial charge in [0.05, 0.1) is 11.2 Å². The van der Waals surface area contributed by atoms with Gasteiger partial charge in [-0.3, -0.25) is 9.48 Å². The average Bonchev–Trinajstić information content (AvgIpc) is 2.85. The second-order valence-corrected chi connectivity index (χ2v) is 4.84. The van der Waals surface area contributed by atoms with Crippen LogP contribution in [0.2, 0.25) is 5.02 Å². The molecular formula is C14H15ClFN3O. The highest BCUT2D eigenvalue weighted by molar-refractivity contribution is 6.30. The van der Waals surface area contributed by atoms with Gasteiger partial charge >= 0.3 is 0 Å². The zero-order valence-electron chi connectivity index (χ0n) is 11.0. The maximum atomic E-state index is 12.8. The maximum absolute atomic E-state index is 12.8. The smallest absolute Gasteiger partial charge is 0.245 e. The number of carbonyl (C=O) groups excluding carboxylic acids is 1. The van der Waals surface area contributed by atoms with Gasteiger partial charge in [-0.05, 0) is 24.1 Å². The summed E-state index contributed by atoms with van der Waals surface area (Å²) in [6, 6.07) is 5.61. The van der Waals surface area contributed by atoms with Crippen molar-refractivity contribution in [3.8, 4) is 0 Å². The predicted molar refractivity (Wildman–Crippen MR) is 74.8 cm³/mol. The molecule has 0 aliphatic rings. The fraction of sp³-hybridized carbons (Fsp3) is 0.286. The summed E-state index contributed by atoms with van der Waals surface area (Å²) in [6.45, 7) is 2.25. The lowest BCUT2D eigenvalue weighted by Crippen LogP contribution is -2.32. The summed E-state index contributed by atoms with van der Waals surface area (Å²) in [5, 5.41) is 7.36. The molecular weight excluding hydrogens is 281 g/mol. The Kier molecular flexibility index (Phi) is 4.74. The van der Waals surface area contributed by atoms with Gasteiger partial charge in [0.15, 0.2) is 0 Å². The third-order valence-corrected chi connectivity index (χ3v) is 3.15. The molecule has 2 rings (SSSR count). The van der Waals surface area contributed by atoms with E-state index < -0.39 is 6.04 Å². The minimum Gasteiger partial charge on any atom is -0.350 e. The molecule has 0 saturated heterocycles. The molecule has 20 heavy (non-hydrogen) atoms. The molecule has 0 saturated carbocycles. The summed E-state index contributed by atoms with van der Waals surface area (Å²) in [5.74, 6) is -0.436. The van der Waals surface area contributed by atoms with Crippen molar-refractivity contribution in [3.63, 3.8) is 0 Å². The Morgan fingerprint density at radius 1 is 1.45 bits per heavy atom. The Morgan fingerprint density at radius 3 is 2.70 bits per heavy atom. The van der Waals surface area contributed by atoms with Crippen LogP contribution in [0.1, 0.15) is 24.9 Å². The van der Waals surface area contributed by atoms with E-state index in [1.807, 2.05) is 6.92 Å². The Balaban J connectivity index is 1.97. The maximum Gasteiger partial charge on any atom is 0.245 e. The molecule has 106 valence electrons. The van der Waals surface area contributed by atoms with Crippen molar-refractivity contribution in [2.75, 3.05) is 0 Å². The summed E-state index contributed by atoms with van der Waals surface area (Å²) in [5.41, 5.74) is 0.841. The van der Waals surface area contributed by atoms with E-state index in [2.05, 4.69) is 10.4 Å². The second-order valence-electron chi connectivity index (χ2n) is 4.41. The SMILES string of the molecule is CCC(C(=O)NCc1ccc(F)cc1)n1cc(Cl)cn1. The Bertz CT molecular complexity index is 582. The summed E-state index contributed by atoms with van der Waals surface area (Å²) in [6.07, 6.45) is 3.72. The quantitative estimate of drug-likeness (QED) is 0.922. The number of amides is 1. The van der Waals surface area contributed by atoms with Crippen molar-refractivity contribution in [1.29, 1.82) is 0 Å². The van der Waals surface area contributed by atoms with Crippen molar-refractivity contribution in [2.45, 2.75) is 25.9 Å². The normalized spacial score (nSPS) is 12.2. The van der Waals surface area contributed by atoms with Gasteiger partial charge in [0.25, 0.3) is 0 Å². The summed E-state index contributed by atoms with van der Waals surface area (Å²) >= 11 is 5.80. The highest BCUT2D eigenvalue weighted by Gasteiger charge is 2.18. The zero-order valence-corrected chi connectivity index (χ0v) is 11.8. The van der Waals surface area contributed by atoms with Gasteiger partial charge in [0.2, 0.25) is 5.91 Å². The van der Waals surface area contributed by atoms with Crippen molar-refractivity contribution < 1.29 is 9.18 Å². The van der Waals surface area contributed by atoms with Crippen LogP contribution in [0.5, 0.6) is 0 Å². The third-order valence-electron chi connectivity index (χ3n) is 2.96. The predicted octanol–water partition coefficient (Wildman–Crippen LogP) is 2.94. The largest absolute Gasteiger partial charge is 0.350 e. The Morgan fingerprint density at radius 2 is 2.15 bits per heavy atom. The van der Waals surface area contributed by atoms with Crippen LogP contribution in [-0.2, 0) is 11.3 Å². The van der Waals surface area contributed by atoms with Gasteiger partial charge in [-0.2, -0.15) is 5.10 Å². The summed E-state index contributed by atoms with van der Waals surface area (Å²) < 4.78 is 14.3. The first-order chi connectivity index (χ1) is 9.60. The molecule has 0 bridgehead atoms. The van der Waals surface area contributed by atoms with Gasteiger partial charge < -0.3 is 5.32 Å². The topological polar surface area (TPSA) is 46.9 Å². The Labute approximate surface area is 121 Å². The van der Waals surface area contributed by atoms with Crippen molar-refractivity contribution >= 4 is 17.5 Å². The standard InChI is InChI=1S/C14H15ClFN3O/c1-2-13(19-9-11(15)8-18-19)14(20)17-7-10-3-5-12(16)6-4-10/h3-6,8-9,13H,2,7H2,1H3,(H,17,20). The molecule has 4 nitrogen and oxygen atoms in total. The number of nitrogens with one attached hydrogen (secondary N) is 1. The van der Waals surface area contributed by atoms with Crippen LogP contribution in [0.25, 0.3) is 0 Å². The number of hydrogen-bond acceptors (Lipinski definition) is 2. The molecule has 0 aliphatic carbocycles. The van der Waals surface area contributed by atoms with Gasteiger partial charge in [0, 0.05) is 12.7 Å². The number of hydrogen-bond donors (Lipinski definition) is 1. The molecule has 1 N–H and O–H groups in total. The molecule has 6 heteroatoms. The van der Waals surface area contributed by atoms with Crippen LogP contribution in [0.3, 0.4) is 0 Å². The van der Waals surface area contributed by atoms with Crippen LogP contribution < -0.4 is 5.32 Å². The molecule has 0 fully saturated rings. The highest BCUT2D eigenvalue weighted by atomic mass is 35.5. The van der Waals surface area contributed by atoms with Crippen LogP contribution in [0.15, 0.2) is 36.7 Å². The molecule has 1 atom stereocenters. The van der Waals surface area contributed by atoms with E-state index in [-0.39, 0.29) is 11.7 Å². The van der Waals surface area contributed by atoms with E-state index in [1.54, 1.807) is 23.0 Å². The van der Waals surface area contributed by atoms with E-state index in [4.69, 9.17) is 11.6 Å². The van der Waals surface area contributed by atoms with Gasteiger partial charge in [-0.15, -0.1) is 0 Å². The van der Waals surface area contributed by atoms with E-state index in [0.29, 0.717) is 18.0 Å². The number of aromatic nitrogens is 2. The molecule has 1 heterocycles. The molecule has 1 aromatic carbocycles. The third kappa shape index (κ3) is 3.57. The first-order valence-electron chi connectivity index (χ1n) is 6.32. The molecule has 0 spiro atoms. The van der Waals surface area contributed by atoms with Crippen LogP contribution in [0, 0.1) is 5.82 Å². The van der Waals surface area contributed by atoms with Crippen LogP contribution in [-0.4, -0.2) is 15.7 Å². The summed E-state index contributed by atoms with van der Waals surface area (Å²) in [4.78, 5) is 12.1. The van der Waals surface area contributed by atoms with Crippen molar-refractivity contribution in [2.24, 2.45) is 0 Å². The van der Waals surface area contributed by atoms with E-state index in [9.17, 15) is 9.18 Å². The zero-order chi connectivity index (χ0) is 14.5.